The molecule has 3 rings (SSSR count). The van der Waals surface area contributed by atoms with Crippen LogP contribution in [0.3, 0.4) is 0 Å². The number of hydrogen-bond donors (Lipinski definition) is 1. The second kappa shape index (κ2) is 4.27. The molecule has 1 aliphatic rings. The second-order valence-electron chi connectivity index (χ2n) is 4.13. The molecule has 88 valence electrons. The first-order valence-corrected chi connectivity index (χ1v) is 6.26. The molecule has 0 fully saturated rings. The summed E-state index contributed by atoms with van der Waals surface area (Å²) >= 11 is 12.4. The molecule has 0 saturated heterocycles. The van der Waals surface area contributed by atoms with Crippen molar-refractivity contribution in [2.24, 2.45) is 0 Å². The molecular weight excluding hydrogens is 259 g/mol. The number of rotatable bonds is 1. The van der Waals surface area contributed by atoms with Crippen LogP contribution in [0.5, 0.6) is 0 Å². The fraction of sp³-hybridized carbons (Fsp3) is 0.364. The van der Waals surface area contributed by atoms with Gasteiger partial charge in [0.2, 0.25) is 5.82 Å². The largest absolute Gasteiger partial charge is 0.206 e. The number of halogens is 2. The van der Waals surface area contributed by atoms with E-state index in [0.717, 1.165) is 24.8 Å². The maximum Gasteiger partial charge on any atom is 0.206 e. The van der Waals surface area contributed by atoms with Crippen molar-refractivity contribution in [3.8, 4) is 11.4 Å². The summed E-state index contributed by atoms with van der Waals surface area (Å²) in [4.78, 5) is 0. The highest BCUT2D eigenvalue weighted by Crippen LogP contribution is 2.39. The van der Waals surface area contributed by atoms with Crippen molar-refractivity contribution in [2.75, 3.05) is 0 Å². The van der Waals surface area contributed by atoms with Gasteiger partial charge >= 0.3 is 0 Å². The van der Waals surface area contributed by atoms with Crippen molar-refractivity contribution in [1.82, 2.24) is 20.6 Å². The molecule has 1 aromatic heterocycles. The third-order valence-electron chi connectivity index (χ3n) is 3.11. The summed E-state index contributed by atoms with van der Waals surface area (Å²) in [5, 5.41) is 15.1. The van der Waals surface area contributed by atoms with E-state index in [-0.39, 0.29) is 0 Å². The lowest BCUT2D eigenvalue weighted by molar-refractivity contribution is 0.686. The van der Waals surface area contributed by atoms with Gasteiger partial charge in [-0.15, -0.1) is 10.2 Å². The number of fused-ring (bicyclic) bond motifs is 1. The highest BCUT2D eigenvalue weighted by Gasteiger charge is 2.22. The van der Waals surface area contributed by atoms with Crippen molar-refractivity contribution in [2.45, 2.75) is 25.7 Å². The zero-order valence-corrected chi connectivity index (χ0v) is 10.5. The van der Waals surface area contributed by atoms with E-state index in [1.54, 1.807) is 0 Å². The topological polar surface area (TPSA) is 54.5 Å². The van der Waals surface area contributed by atoms with E-state index in [1.807, 2.05) is 6.07 Å². The third kappa shape index (κ3) is 1.81. The minimum absolute atomic E-state index is 0.522. The molecule has 0 radical (unpaired) electrons. The van der Waals surface area contributed by atoms with Crippen LogP contribution >= 0.6 is 23.2 Å². The fourth-order valence-corrected chi connectivity index (χ4v) is 2.82. The SMILES string of the molecule is Clc1cc2c(c(-c3nn[nH]n3)c1Cl)CCCC2. The molecule has 0 aliphatic heterocycles. The molecule has 1 aliphatic carbocycles. The average molecular weight is 269 g/mol. The number of aromatic amines is 1. The van der Waals surface area contributed by atoms with Gasteiger partial charge < -0.3 is 0 Å². The molecule has 0 bridgehead atoms. The number of aryl methyl sites for hydroxylation is 1. The summed E-state index contributed by atoms with van der Waals surface area (Å²) < 4.78 is 0. The molecule has 6 heteroatoms. The quantitative estimate of drug-likeness (QED) is 0.865. The van der Waals surface area contributed by atoms with Crippen LogP contribution in [-0.4, -0.2) is 20.6 Å². The monoisotopic (exact) mass is 268 g/mol. The van der Waals surface area contributed by atoms with Crippen LogP contribution in [0.2, 0.25) is 10.0 Å². The Morgan fingerprint density at radius 1 is 1.18 bits per heavy atom. The van der Waals surface area contributed by atoms with Crippen LogP contribution in [0.4, 0.5) is 0 Å². The average Bonchev–Trinajstić information content (AvgIpc) is 2.84. The van der Waals surface area contributed by atoms with Crippen molar-refractivity contribution >= 4 is 23.2 Å². The number of nitrogens with zero attached hydrogens (tertiary/aromatic N) is 3. The highest BCUT2D eigenvalue weighted by atomic mass is 35.5. The van der Waals surface area contributed by atoms with Gasteiger partial charge in [0, 0.05) is 5.56 Å². The molecule has 2 aromatic rings. The molecule has 1 heterocycles. The van der Waals surface area contributed by atoms with Crippen molar-refractivity contribution in [1.29, 1.82) is 0 Å². The maximum atomic E-state index is 6.27. The van der Waals surface area contributed by atoms with Gasteiger partial charge in [0.25, 0.3) is 0 Å². The van der Waals surface area contributed by atoms with E-state index < -0.39 is 0 Å². The highest BCUT2D eigenvalue weighted by molar-refractivity contribution is 6.43. The van der Waals surface area contributed by atoms with E-state index in [2.05, 4.69) is 20.6 Å². The summed E-state index contributed by atoms with van der Waals surface area (Å²) in [7, 11) is 0. The Morgan fingerprint density at radius 2 is 2.00 bits per heavy atom. The molecule has 4 nitrogen and oxygen atoms in total. The molecule has 17 heavy (non-hydrogen) atoms. The summed E-state index contributed by atoms with van der Waals surface area (Å²) in [6, 6.07) is 1.96. The predicted octanol–water partition coefficient (Wildman–Crippen LogP) is 3.05. The van der Waals surface area contributed by atoms with E-state index in [4.69, 9.17) is 23.2 Å². The zero-order chi connectivity index (χ0) is 11.8. The zero-order valence-electron chi connectivity index (χ0n) is 9.00. The lowest BCUT2D eigenvalue weighted by Gasteiger charge is -2.19. The van der Waals surface area contributed by atoms with Crippen LogP contribution in [0, 0.1) is 0 Å². The molecule has 0 unspecified atom stereocenters. The van der Waals surface area contributed by atoms with Gasteiger partial charge in [0.15, 0.2) is 0 Å². The lowest BCUT2D eigenvalue weighted by atomic mass is 9.88. The minimum atomic E-state index is 0.522. The molecular formula is C11H10Cl2N4. The van der Waals surface area contributed by atoms with E-state index in [0.29, 0.717) is 15.9 Å². The number of H-pyrrole nitrogens is 1. The van der Waals surface area contributed by atoms with E-state index >= 15 is 0 Å². The summed E-state index contributed by atoms with van der Waals surface area (Å²) in [5.41, 5.74) is 3.31. The lowest BCUT2D eigenvalue weighted by Crippen LogP contribution is -2.06. The maximum absolute atomic E-state index is 6.27. The Balaban J connectivity index is 2.28. The number of hydrogen-bond acceptors (Lipinski definition) is 3. The first-order valence-electron chi connectivity index (χ1n) is 5.51. The third-order valence-corrected chi connectivity index (χ3v) is 3.90. The van der Waals surface area contributed by atoms with Gasteiger partial charge in [-0.25, -0.2) is 0 Å². The van der Waals surface area contributed by atoms with Crippen molar-refractivity contribution in [3.05, 3.63) is 27.2 Å². The Labute approximate surface area is 108 Å². The van der Waals surface area contributed by atoms with Crippen LogP contribution < -0.4 is 0 Å². The van der Waals surface area contributed by atoms with E-state index in [1.165, 1.54) is 17.5 Å². The van der Waals surface area contributed by atoms with Gasteiger partial charge in [0.05, 0.1) is 10.0 Å². The normalized spacial score (nSPS) is 14.7. The minimum Gasteiger partial charge on any atom is -0.177 e. The summed E-state index contributed by atoms with van der Waals surface area (Å²) in [6.45, 7) is 0. The fourth-order valence-electron chi connectivity index (χ4n) is 2.34. The molecule has 1 N–H and O–H groups in total. The standard InChI is InChI=1S/C11H10Cl2N4/c12-8-5-6-3-1-2-4-7(6)9(10(8)13)11-14-16-17-15-11/h5H,1-4H2,(H,14,15,16,17). The molecule has 0 atom stereocenters. The molecule has 0 saturated carbocycles. The smallest absolute Gasteiger partial charge is 0.177 e. The van der Waals surface area contributed by atoms with Gasteiger partial charge in [-0.1, -0.05) is 23.2 Å². The van der Waals surface area contributed by atoms with Crippen LogP contribution in [0.15, 0.2) is 6.07 Å². The Bertz CT molecular complexity index is 551. The Kier molecular flexibility index (Phi) is 2.76. The van der Waals surface area contributed by atoms with Crippen molar-refractivity contribution < 1.29 is 0 Å². The summed E-state index contributed by atoms with van der Waals surface area (Å²) in [5.74, 6) is 0.524. The van der Waals surface area contributed by atoms with Crippen molar-refractivity contribution in [3.63, 3.8) is 0 Å². The van der Waals surface area contributed by atoms with Gasteiger partial charge in [-0.05, 0) is 48.1 Å². The van der Waals surface area contributed by atoms with Gasteiger partial charge in [-0.2, -0.15) is 5.21 Å². The van der Waals surface area contributed by atoms with Gasteiger partial charge in [-0.3, -0.25) is 0 Å². The van der Waals surface area contributed by atoms with Crippen LogP contribution in [0.25, 0.3) is 11.4 Å². The number of aromatic nitrogens is 4. The number of nitrogens with one attached hydrogen (secondary N) is 1. The molecule has 0 spiro atoms. The second-order valence-corrected chi connectivity index (χ2v) is 4.91. The Hall–Kier alpha value is -1.13. The Morgan fingerprint density at radius 3 is 2.76 bits per heavy atom. The number of tetrazole rings is 1. The first-order chi connectivity index (χ1) is 8.27. The first kappa shape index (κ1) is 11.0. The predicted molar refractivity (Wildman–Crippen MR) is 66.3 cm³/mol. The van der Waals surface area contributed by atoms with Crippen LogP contribution in [0.1, 0.15) is 24.0 Å². The summed E-state index contributed by atoms with van der Waals surface area (Å²) in [6.07, 6.45) is 4.39. The molecule has 1 aromatic carbocycles. The molecule has 0 amide bonds. The van der Waals surface area contributed by atoms with E-state index in [9.17, 15) is 0 Å². The van der Waals surface area contributed by atoms with Gasteiger partial charge in [0.1, 0.15) is 0 Å². The van der Waals surface area contributed by atoms with Crippen LogP contribution in [-0.2, 0) is 12.8 Å². The number of benzene rings is 1.